The highest BCUT2D eigenvalue weighted by Crippen LogP contribution is 2.19. The Morgan fingerprint density at radius 2 is 1.78 bits per heavy atom. The van der Waals surface area contributed by atoms with Gasteiger partial charge < -0.3 is 15.4 Å². The molecule has 0 aromatic heterocycles. The van der Waals surface area contributed by atoms with E-state index in [1.165, 1.54) is 31.2 Å². The summed E-state index contributed by atoms with van der Waals surface area (Å²) in [5, 5.41) is 13.0. The fourth-order valence-corrected chi connectivity index (χ4v) is 1.99. The van der Waals surface area contributed by atoms with Gasteiger partial charge in [0.2, 0.25) is 5.91 Å². The standard InChI is InChI=1S/C18H14F3N3O3/c1-10(27-12-4-2-11(8-22)3-5-12)18(26)23-9-15(25)24-14-7-6-13(19)16(20)17(14)21/h2-7,10H,9H2,1H3,(H,23,26)(H,24,25)/t10-/m0/s1. The first-order chi connectivity index (χ1) is 12.8. The number of nitrogens with one attached hydrogen (secondary N) is 2. The summed E-state index contributed by atoms with van der Waals surface area (Å²) in [4.78, 5) is 23.7. The highest BCUT2D eigenvalue weighted by Gasteiger charge is 2.18. The Bertz CT molecular complexity index is 895. The third-order valence-corrected chi connectivity index (χ3v) is 3.40. The van der Waals surface area contributed by atoms with E-state index in [1.54, 1.807) is 0 Å². The van der Waals surface area contributed by atoms with Crippen LogP contribution in [0.1, 0.15) is 12.5 Å². The van der Waals surface area contributed by atoms with Crippen LogP contribution >= 0.6 is 0 Å². The lowest BCUT2D eigenvalue weighted by atomic mass is 10.2. The van der Waals surface area contributed by atoms with Gasteiger partial charge in [-0.15, -0.1) is 0 Å². The van der Waals surface area contributed by atoms with Crippen molar-refractivity contribution in [1.29, 1.82) is 5.26 Å². The van der Waals surface area contributed by atoms with Crippen molar-refractivity contribution in [2.24, 2.45) is 0 Å². The minimum Gasteiger partial charge on any atom is -0.481 e. The molecular formula is C18H14F3N3O3. The monoisotopic (exact) mass is 377 g/mol. The Hall–Kier alpha value is -3.54. The van der Waals surface area contributed by atoms with Gasteiger partial charge in [0.05, 0.1) is 23.9 Å². The van der Waals surface area contributed by atoms with E-state index in [9.17, 15) is 22.8 Å². The number of carbonyl (C=O) groups is 2. The fourth-order valence-electron chi connectivity index (χ4n) is 1.99. The van der Waals surface area contributed by atoms with E-state index in [1.807, 2.05) is 11.4 Å². The zero-order valence-corrected chi connectivity index (χ0v) is 14.1. The van der Waals surface area contributed by atoms with Crippen molar-refractivity contribution < 1.29 is 27.5 Å². The van der Waals surface area contributed by atoms with Crippen LogP contribution < -0.4 is 15.4 Å². The highest BCUT2D eigenvalue weighted by molar-refractivity contribution is 5.95. The zero-order valence-electron chi connectivity index (χ0n) is 14.1. The lowest BCUT2D eigenvalue weighted by molar-refractivity contribution is -0.129. The topological polar surface area (TPSA) is 91.2 Å². The summed E-state index contributed by atoms with van der Waals surface area (Å²) in [5.41, 5.74) is -0.115. The third kappa shape index (κ3) is 5.22. The van der Waals surface area contributed by atoms with Gasteiger partial charge in [-0.25, -0.2) is 13.2 Å². The van der Waals surface area contributed by atoms with Crippen molar-refractivity contribution in [2.75, 3.05) is 11.9 Å². The summed E-state index contributed by atoms with van der Waals surface area (Å²) in [6, 6.07) is 9.54. The van der Waals surface area contributed by atoms with Crippen LogP contribution in [0.15, 0.2) is 36.4 Å². The molecule has 0 bridgehead atoms. The van der Waals surface area contributed by atoms with Crippen LogP contribution in [0.4, 0.5) is 18.9 Å². The second kappa shape index (κ2) is 8.71. The van der Waals surface area contributed by atoms with E-state index in [0.717, 1.165) is 6.07 Å². The Balaban J connectivity index is 1.86. The van der Waals surface area contributed by atoms with Gasteiger partial charge in [-0.3, -0.25) is 9.59 Å². The molecule has 0 aliphatic rings. The van der Waals surface area contributed by atoms with E-state index < -0.39 is 47.6 Å². The molecule has 0 aliphatic carbocycles. The average Bonchev–Trinajstić information content (AvgIpc) is 2.67. The SMILES string of the molecule is C[C@H](Oc1ccc(C#N)cc1)C(=O)NCC(=O)Nc1ccc(F)c(F)c1F. The Morgan fingerprint density at radius 3 is 2.41 bits per heavy atom. The van der Waals surface area contributed by atoms with E-state index in [2.05, 4.69) is 5.32 Å². The van der Waals surface area contributed by atoms with Gasteiger partial charge >= 0.3 is 0 Å². The molecule has 0 aliphatic heterocycles. The third-order valence-electron chi connectivity index (χ3n) is 3.40. The van der Waals surface area contributed by atoms with E-state index >= 15 is 0 Å². The summed E-state index contributed by atoms with van der Waals surface area (Å²) in [6.07, 6.45) is -0.953. The molecule has 0 saturated heterocycles. The Kier molecular flexibility index (Phi) is 6.38. The molecule has 0 radical (unpaired) electrons. The van der Waals surface area contributed by atoms with Crippen molar-refractivity contribution in [3.63, 3.8) is 0 Å². The summed E-state index contributed by atoms with van der Waals surface area (Å²) in [7, 11) is 0. The molecule has 0 fully saturated rings. The molecule has 2 amide bonds. The number of carbonyl (C=O) groups excluding carboxylic acids is 2. The van der Waals surface area contributed by atoms with Crippen LogP contribution in [0.25, 0.3) is 0 Å². The van der Waals surface area contributed by atoms with Crippen LogP contribution in [-0.4, -0.2) is 24.5 Å². The molecule has 2 N–H and O–H groups in total. The van der Waals surface area contributed by atoms with Crippen molar-refractivity contribution in [3.8, 4) is 11.8 Å². The number of hydrogen-bond acceptors (Lipinski definition) is 4. The van der Waals surface area contributed by atoms with Crippen LogP contribution in [0, 0.1) is 28.8 Å². The summed E-state index contributed by atoms with van der Waals surface area (Å²) >= 11 is 0. The first-order valence-corrected chi connectivity index (χ1v) is 7.69. The maximum atomic E-state index is 13.5. The Labute approximate surface area is 152 Å². The van der Waals surface area contributed by atoms with E-state index in [4.69, 9.17) is 10.00 Å². The molecule has 2 rings (SSSR count). The number of nitriles is 1. The molecule has 0 saturated carbocycles. The lowest BCUT2D eigenvalue weighted by Gasteiger charge is -2.15. The second-order valence-corrected chi connectivity index (χ2v) is 5.39. The van der Waals surface area contributed by atoms with Crippen LogP contribution in [0.5, 0.6) is 5.75 Å². The fraction of sp³-hybridized carbons (Fsp3) is 0.167. The van der Waals surface area contributed by atoms with Crippen molar-refractivity contribution in [3.05, 3.63) is 59.4 Å². The average molecular weight is 377 g/mol. The van der Waals surface area contributed by atoms with Gasteiger partial charge in [-0.2, -0.15) is 5.26 Å². The molecule has 1 atom stereocenters. The maximum absolute atomic E-state index is 13.5. The molecule has 0 spiro atoms. The van der Waals surface area contributed by atoms with Gasteiger partial charge in [0.15, 0.2) is 23.6 Å². The zero-order chi connectivity index (χ0) is 20.0. The quantitative estimate of drug-likeness (QED) is 0.757. The predicted molar refractivity (Wildman–Crippen MR) is 89.2 cm³/mol. The number of nitrogens with zero attached hydrogens (tertiary/aromatic N) is 1. The molecule has 0 unspecified atom stereocenters. The molecule has 2 aromatic rings. The van der Waals surface area contributed by atoms with Crippen molar-refractivity contribution >= 4 is 17.5 Å². The number of benzene rings is 2. The van der Waals surface area contributed by atoms with E-state index in [-0.39, 0.29) is 0 Å². The van der Waals surface area contributed by atoms with Gasteiger partial charge in [0.1, 0.15) is 5.75 Å². The van der Waals surface area contributed by atoms with Crippen molar-refractivity contribution in [1.82, 2.24) is 5.32 Å². The number of rotatable bonds is 6. The normalized spacial score (nSPS) is 11.2. The second-order valence-electron chi connectivity index (χ2n) is 5.39. The number of amides is 2. The molecule has 0 heterocycles. The Morgan fingerprint density at radius 1 is 1.11 bits per heavy atom. The van der Waals surface area contributed by atoms with Crippen LogP contribution in [0.2, 0.25) is 0 Å². The first-order valence-electron chi connectivity index (χ1n) is 7.69. The smallest absolute Gasteiger partial charge is 0.261 e. The molecule has 6 nitrogen and oxygen atoms in total. The minimum absolute atomic E-state index is 0.352. The number of halogens is 3. The molecule has 140 valence electrons. The van der Waals surface area contributed by atoms with Gasteiger partial charge in [-0.05, 0) is 43.3 Å². The van der Waals surface area contributed by atoms with Gasteiger partial charge in [-0.1, -0.05) is 0 Å². The van der Waals surface area contributed by atoms with E-state index in [0.29, 0.717) is 17.4 Å². The predicted octanol–water partition coefficient (Wildman–Crippen LogP) is 2.50. The number of anilines is 1. The summed E-state index contributed by atoms with van der Waals surface area (Å²) in [5.74, 6) is -5.73. The molecule has 2 aromatic carbocycles. The minimum atomic E-state index is -1.71. The van der Waals surface area contributed by atoms with Gasteiger partial charge in [0, 0.05) is 0 Å². The molecule has 9 heteroatoms. The maximum Gasteiger partial charge on any atom is 0.261 e. The lowest BCUT2D eigenvalue weighted by Crippen LogP contribution is -2.40. The summed E-state index contributed by atoms with van der Waals surface area (Å²) < 4.78 is 44.8. The van der Waals surface area contributed by atoms with Crippen LogP contribution in [-0.2, 0) is 9.59 Å². The number of ether oxygens (including phenoxy) is 1. The van der Waals surface area contributed by atoms with Gasteiger partial charge in [0.25, 0.3) is 5.91 Å². The number of hydrogen-bond donors (Lipinski definition) is 2. The molecular weight excluding hydrogens is 363 g/mol. The molecule has 27 heavy (non-hydrogen) atoms. The largest absolute Gasteiger partial charge is 0.481 e. The van der Waals surface area contributed by atoms with Crippen molar-refractivity contribution in [2.45, 2.75) is 13.0 Å². The van der Waals surface area contributed by atoms with Crippen LogP contribution in [0.3, 0.4) is 0 Å². The summed E-state index contributed by atoms with van der Waals surface area (Å²) in [6.45, 7) is 0.915. The highest BCUT2D eigenvalue weighted by atomic mass is 19.2. The first kappa shape index (κ1) is 19.8.